The molecule has 3 heterocycles. The Balaban J connectivity index is 1.92. The van der Waals surface area contributed by atoms with E-state index < -0.39 is 22.0 Å². The lowest BCUT2D eigenvalue weighted by Crippen LogP contribution is -2.42. The van der Waals surface area contributed by atoms with E-state index in [0.29, 0.717) is 36.7 Å². The summed E-state index contributed by atoms with van der Waals surface area (Å²) in [6.45, 7) is 5.17. The number of pyridine rings is 1. The van der Waals surface area contributed by atoms with Crippen LogP contribution in [0.1, 0.15) is 48.7 Å². The van der Waals surface area contributed by atoms with Crippen LogP contribution in [0.3, 0.4) is 0 Å². The molecule has 0 radical (unpaired) electrons. The van der Waals surface area contributed by atoms with Crippen LogP contribution >= 0.6 is 0 Å². The van der Waals surface area contributed by atoms with Gasteiger partial charge in [-0.25, -0.2) is 9.78 Å². The van der Waals surface area contributed by atoms with Gasteiger partial charge in [0.15, 0.2) is 5.65 Å². The van der Waals surface area contributed by atoms with E-state index in [1.807, 2.05) is 13.8 Å². The molecule has 2 fully saturated rings. The molecule has 8 nitrogen and oxygen atoms in total. The lowest BCUT2D eigenvalue weighted by Gasteiger charge is -2.27. The predicted molar refractivity (Wildman–Crippen MR) is 107 cm³/mol. The van der Waals surface area contributed by atoms with Gasteiger partial charge < -0.3 is 4.90 Å². The topological polar surface area (TPSA) is 105 Å². The van der Waals surface area contributed by atoms with Gasteiger partial charge in [-0.3, -0.25) is 23.3 Å². The number of aromatic nitrogens is 3. The maximum absolute atomic E-state index is 13.2. The molecule has 9 heteroatoms. The summed E-state index contributed by atoms with van der Waals surface area (Å²) >= 11 is 0. The van der Waals surface area contributed by atoms with Crippen molar-refractivity contribution in [2.24, 2.45) is 5.92 Å². The first-order valence-electron chi connectivity index (χ1n) is 9.67. The van der Waals surface area contributed by atoms with Crippen molar-refractivity contribution in [2.45, 2.75) is 39.2 Å². The molecule has 1 saturated heterocycles. The van der Waals surface area contributed by atoms with E-state index >= 15 is 0 Å². The minimum absolute atomic E-state index is 0.168. The summed E-state index contributed by atoms with van der Waals surface area (Å²) < 4.78 is 13.1. The van der Waals surface area contributed by atoms with Crippen molar-refractivity contribution in [3.05, 3.63) is 38.2 Å². The van der Waals surface area contributed by atoms with E-state index in [0.717, 1.165) is 18.5 Å². The molecule has 1 amide bonds. The maximum Gasteiger partial charge on any atom is 0.330 e. The van der Waals surface area contributed by atoms with E-state index in [1.54, 1.807) is 11.0 Å². The zero-order valence-electron chi connectivity index (χ0n) is 16.1. The van der Waals surface area contributed by atoms with Gasteiger partial charge in [0.25, 0.3) is 11.5 Å². The van der Waals surface area contributed by atoms with E-state index in [1.165, 1.54) is 4.57 Å². The number of fused-ring (bicyclic) bond motifs is 1. The molecular weight excluding hydrogens is 380 g/mol. The number of hydrogen-bond acceptors (Lipinski definition) is 5. The summed E-state index contributed by atoms with van der Waals surface area (Å²) in [7, 11) is -0.900. The van der Waals surface area contributed by atoms with Gasteiger partial charge in [-0.05, 0) is 24.8 Å². The molecule has 0 bridgehead atoms. The van der Waals surface area contributed by atoms with Crippen LogP contribution in [0, 0.1) is 5.92 Å². The minimum Gasteiger partial charge on any atom is -0.337 e. The highest BCUT2D eigenvalue weighted by molar-refractivity contribution is 7.85. The molecule has 0 spiro atoms. The Morgan fingerprint density at radius 1 is 1.29 bits per heavy atom. The number of carbonyl (C=O) groups excluding carboxylic acids is 1. The van der Waals surface area contributed by atoms with Crippen LogP contribution in [-0.2, 0) is 17.3 Å². The first-order chi connectivity index (χ1) is 13.3. The van der Waals surface area contributed by atoms with Crippen LogP contribution in [0.2, 0.25) is 0 Å². The molecule has 1 saturated carbocycles. The standard InChI is InChI=1S/C19H24N4O4S/c1-11(2)10-23-16-15(17(24)21-19(23)26)13(9-14(20-16)12-3-4-12)18(25)22-5-7-28(27)8-6-22/h9,11-12H,3-8,10H2,1-2H3,(H,21,24,26). The molecule has 2 aromatic heterocycles. The molecule has 0 unspecified atom stereocenters. The normalized spacial score (nSPS) is 18.2. The Bertz CT molecular complexity index is 1070. The van der Waals surface area contributed by atoms with Crippen molar-refractivity contribution in [1.82, 2.24) is 19.4 Å². The molecule has 1 N–H and O–H groups in total. The van der Waals surface area contributed by atoms with E-state index in [4.69, 9.17) is 0 Å². The summed E-state index contributed by atoms with van der Waals surface area (Å²) in [6.07, 6.45) is 1.98. The number of hydrogen-bond donors (Lipinski definition) is 1. The molecule has 1 aliphatic carbocycles. The quantitative estimate of drug-likeness (QED) is 0.812. The van der Waals surface area contributed by atoms with E-state index in [-0.39, 0.29) is 28.8 Å². The van der Waals surface area contributed by atoms with Gasteiger partial charge in [0, 0.05) is 53.6 Å². The second kappa shape index (κ2) is 7.27. The Morgan fingerprint density at radius 3 is 2.57 bits per heavy atom. The van der Waals surface area contributed by atoms with Gasteiger partial charge in [-0.1, -0.05) is 13.8 Å². The largest absolute Gasteiger partial charge is 0.337 e. The third-order valence-electron chi connectivity index (χ3n) is 5.21. The number of rotatable bonds is 4. The highest BCUT2D eigenvalue weighted by Crippen LogP contribution is 2.40. The molecule has 0 atom stereocenters. The summed E-state index contributed by atoms with van der Waals surface area (Å²) in [4.78, 5) is 47.0. The fourth-order valence-electron chi connectivity index (χ4n) is 3.60. The van der Waals surface area contributed by atoms with E-state index in [9.17, 15) is 18.6 Å². The number of carbonyl (C=O) groups is 1. The molecule has 0 aromatic carbocycles. The SMILES string of the molecule is CC(C)Cn1c(=O)[nH]c(=O)c2c(C(=O)N3CCS(=O)CC3)cc(C3CC3)nc21. The smallest absolute Gasteiger partial charge is 0.330 e. The monoisotopic (exact) mass is 404 g/mol. The molecule has 1 aliphatic heterocycles. The fraction of sp³-hybridized carbons (Fsp3) is 0.579. The van der Waals surface area contributed by atoms with Gasteiger partial charge in [-0.15, -0.1) is 0 Å². The average Bonchev–Trinajstić information content (AvgIpc) is 3.49. The van der Waals surface area contributed by atoms with Crippen molar-refractivity contribution in [3.8, 4) is 0 Å². The van der Waals surface area contributed by atoms with Crippen molar-refractivity contribution >= 4 is 27.7 Å². The highest BCUT2D eigenvalue weighted by atomic mass is 32.2. The highest BCUT2D eigenvalue weighted by Gasteiger charge is 2.30. The van der Waals surface area contributed by atoms with Crippen molar-refractivity contribution in [2.75, 3.05) is 24.6 Å². The molecule has 150 valence electrons. The minimum atomic E-state index is -0.900. The number of amides is 1. The summed E-state index contributed by atoms with van der Waals surface area (Å²) in [5.74, 6) is 1.07. The number of nitrogens with one attached hydrogen (secondary N) is 1. The van der Waals surface area contributed by atoms with Gasteiger partial charge >= 0.3 is 5.69 Å². The van der Waals surface area contributed by atoms with Gasteiger partial charge in [0.1, 0.15) is 0 Å². The van der Waals surface area contributed by atoms with E-state index in [2.05, 4.69) is 9.97 Å². The molecular formula is C19H24N4O4S. The summed E-state index contributed by atoms with van der Waals surface area (Å²) in [5.41, 5.74) is 0.255. The van der Waals surface area contributed by atoms with Crippen molar-refractivity contribution in [3.63, 3.8) is 0 Å². The lowest BCUT2D eigenvalue weighted by molar-refractivity contribution is 0.0773. The van der Waals surface area contributed by atoms with Crippen LogP contribution in [0.5, 0.6) is 0 Å². The Kier molecular flexibility index (Phi) is 4.95. The maximum atomic E-state index is 13.2. The van der Waals surface area contributed by atoms with Crippen LogP contribution in [-0.4, -0.2) is 54.1 Å². The first-order valence-corrected chi connectivity index (χ1v) is 11.2. The second-order valence-electron chi connectivity index (χ2n) is 7.97. The van der Waals surface area contributed by atoms with Crippen LogP contribution in [0.4, 0.5) is 0 Å². The van der Waals surface area contributed by atoms with Gasteiger partial charge in [0.2, 0.25) is 0 Å². The molecule has 2 aromatic rings. The van der Waals surface area contributed by atoms with Crippen LogP contribution in [0.15, 0.2) is 15.7 Å². The van der Waals surface area contributed by atoms with Crippen LogP contribution in [0.25, 0.3) is 11.0 Å². The molecule has 4 rings (SSSR count). The number of aromatic amines is 1. The summed E-state index contributed by atoms with van der Waals surface area (Å²) in [6, 6.07) is 1.72. The summed E-state index contributed by atoms with van der Waals surface area (Å²) in [5, 5.41) is 0.168. The molecule has 28 heavy (non-hydrogen) atoms. The third kappa shape index (κ3) is 3.55. The Labute approximate surface area is 164 Å². The first kappa shape index (κ1) is 19.0. The fourth-order valence-corrected chi connectivity index (χ4v) is 4.65. The number of nitrogens with zero attached hydrogens (tertiary/aromatic N) is 3. The molecule has 2 aliphatic rings. The zero-order chi connectivity index (χ0) is 20.0. The van der Waals surface area contributed by atoms with Crippen molar-refractivity contribution in [1.29, 1.82) is 0 Å². The predicted octanol–water partition coefficient (Wildman–Crippen LogP) is 0.823. The van der Waals surface area contributed by atoms with Crippen molar-refractivity contribution < 1.29 is 9.00 Å². The van der Waals surface area contributed by atoms with Gasteiger partial charge in [-0.2, -0.15) is 0 Å². The van der Waals surface area contributed by atoms with Crippen LogP contribution < -0.4 is 11.2 Å². The Morgan fingerprint density at radius 2 is 1.96 bits per heavy atom. The average molecular weight is 404 g/mol. The Hall–Kier alpha value is -2.29. The zero-order valence-corrected chi connectivity index (χ0v) is 16.9. The van der Waals surface area contributed by atoms with Gasteiger partial charge in [0.05, 0.1) is 10.9 Å². The lowest BCUT2D eigenvalue weighted by atomic mass is 10.1. The number of H-pyrrole nitrogens is 1. The second-order valence-corrected chi connectivity index (χ2v) is 9.67. The third-order valence-corrected chi connectivity index (χ3v) is 6.48.